The van der Waals surface area contributed by atoms with Crippen LogP contribution in [-0.4, -0.2) is 29.4 Å². The highest BCUT2D eigenvalue weighted by Gasteiger charge is 2.33. The van der Waals surface area contributed by atoms with E-state index in [1.54, 1.807) is 0 Å². The number of hydrogen-bond donors (Lipinski definition) is 2. The number of nitrogens with two attached hydrogens (primary N) is 1. The van der Waals surface area contributed by atoms with Crippen LogP contribution >= 0.6 is 12.2 Å². The summed E-state index contributed by atoms with van der Waals surface area (Å²) in [5, 5.41) is 2.09. The number of carbonyl (C=O) groups is 2. The molecule has 5 nitrogen and oxygen atoms in total. The Labute approximate surface area is 118 Å². The number of benzene rings is 1. The van der Waals surface area contributed by atoms with Crippen molar-refractivity contribution in [2.45, 2.75) is 13.0 Å². The van der Waals surface area contributed by atoms with E-state index in [4.69, 9.17) is 5.73 Å². The zero-order valence-corrected chi connectivity index (χ0v) is 11.3. The second kappa shape index (κ2) is 5.12. The molecule has 0 aromatic heterocycles. The number of piperazine rings is 1. The Morgan fingerprint density at radius 3 is 2.45 bits per heavy atom. The third-order valence-electron chi connectivity index (χ3n) is 3.01. The number of hydrogen-bond acceptors (Lipinski definition) is 4. The van der Waals surface area contributed by atoms with Gasteiger partial charge in [0, 0.05) is 5.56 Å². The molecule has 0 radical (unpaired) electrons. The number of anilines is 1. The Morgan fingerprint density at radius 1 is 1.40 bits per heavy atom. The van der Waals surface area contributed by atoms with Crippen molar-refractivity contribution >= 4 is 34.7 Å². The van der Waals surface area contributed by atoms with Crippen molar-refractivity contribution in [2.75, 3.05) is 11.4 Å². The van der Waals surface area contributed by atoms with E-state index in [1.807, 2.05) is 0 Å². The maximum absolute atomic E-state index is 14.0. The summed E-state index contributed by atoms with van der Waals surface area (Å²) in [6, 6.07) is 1.09. The fourth-order valence-electron chi connectivity index (χ4n) is 1.97. The van der Waals surface area contributed by atoms with Gasteiger partial charge < -0.3 is 10.6 Å². The molecular formula is C12H11F2N3O2S. The first-order valence-electron chi connectivity index (χ1n) is 5.70. The Morgan fingerprint density at radius 2 is 1.95 bits per heavy atom. The molecule has 106 valence electrons. The van der Waals surface area contributed by atoms with Crippen LogP contribution in [0.5, 0.6) is 0 Å². The zero-order chi connectivity index (χ0) is 15.0. The molecular weight excluding hydrogens is 288 g/mol. The van der Waals surface area contributed by atoms with Crippen LogP contribution in [0, 0.1) is 11.6 Å². The number of amides is 2. The predicted octanol–water partition coefficient (Wildman–Crippen LogP) is 0.450. The smallest absolute Gasteiger partial charge is 0.249 e. The first-order valence-corrected chi connectivity index (χ1v) is 6.11. The van der Waals surface area contributed by atoms with Crippen LogP contribution in [0.1, 0.15) is 12.5 Å². The fraction of sp³-hybridized carbons (Fsp3) is 0.250. The number of imide groups is 1. The van der Waals surface area contributed by atoms with Crippen LogP contribution < -0.4 is 16.0 Å². The van der Waals surface area contributed by atoms with Crippen LogP contribution in [0.25, 0.3) is 0 Å². The number of carbonyl (C=O) groups excluding carboxylic acids is 2. The highest BCUT2D eigenvalue weighted by Crippen LogP contribution is 2.27. The summed E-state index contributed by atoms with van der Waals surface area (Å²) in [4.78, 5) is 23.8. The Kier molecular flexibility index (Phi) is 3.67. The minimum Gasteiger partial charge on any atom is -0.389 e. The van der Waals surface area contributed by atoms with Crippen molar-refractivity contribution in [3.05, 3.63) is 29.3 Å². The van der Waals surface area contributed by atoms with Crippen molar-refractivity contribution in [3.8, 4) is 0 Å². The third kappa shape index (κ3) is 2.46. The third-order valence-corrected chi connectivity index (χ3v) is 3.25. The highest BCUT2D eigenvalue weighted by atomic mass is 32.1. The van der Waals surface area contributed by atoms with Gasteiger partial charge in [0.25, 0.3) is 0 Å². The van der Waals surface area contributed by atoms with E-state index in [1.165, 1.54) is 6.92 Å². The van der Waals surface area contributed by atoms with E-state index in [-0.39, 0.29) is 17.1 Å². The summed E-state index contributed by atoms with van der Waals surface area (Å²) >= 11 is 4.65. The molecule has 0 saturated carbocycles. The van der Waals surface area contributed by atoms with Gasteiger partial charge in [-0.15, -0.1) is 0 Å². The Balaban J connectivity index is 2.49. The summed E-state index contributed by atoms with van der Waals surface area (Å²) < 4.78 is 28.1. The Bertz CT molecular complexity index is 598. The first kappa shape index (κ1) is 14.3. The number of nitrogens with one attached hydrogen (secondary N) is 1. The molecule has 3 N–H and O–H groups in total. The van der Waals surface area contributed by atoms with E-state index >= 15 is 0 Å². The first-order chi connectivity index (χ1) is 9.31. The van der Waals surface area contributed by atoms with Crippen molar-refractivity contribution in [2.24, 2.45) is 5.73 Å². The zero-order valence-electron chi connectivity index (χ0n) is 10.4. The summed E-state index contributed by atoms with van der Waals surface area (Å²) in [6.07, 6.45) is 0. The number of halogens is 2. The molecule has 0 aliphatic carbocycles. The SMILES string of the molecule is CC1C(=O)NC(=O)CN1c1c(F)cc(C(N)=S)cc1F. The fourth-order valence-corrected chi connectivity index (χ4v) is 2.09. The van der Waals surface area contributed by atoms with Crippen LogP contribution in [0.3, 0.4) is 0 Å². The van der Waals surface area contributed by atoms with Gasteiger partial charge in [-0.1, -0.05) is 12.2 Å². The lowest BCUT2D eigenvalue weighted by molar-refractivity contribution is -0.132. The molecule has 1 aromatic rings. The topological polar surface area (TPSA) is 75.4 Å². The van der Waals surface area contributed by atoms with Crippen molar-refractivity contribution in [1.82, 2.24) is 5.32 Å². The largest absolute Gasteiger partial charge is 0.389 e. The Hall–Kier alpha value is -2.09. The van der Waals surface area contributed by atoms with Crippen LogP contribution in [0.2, 0.25) is 0 Å². The van der Waals surface area contributed by atoms with Gasteiger partial charge in [-0.3, -0.25) is 14.9 Å². The molecule has 2 rings (SSSR count). The van der Waals surface area contributed by atoms with Crippen LogP contribution in [0.4, 0.5) is 14.5 Å². The highest BCUT2D eigenvalue weighted by molar-refractivity contribution is 7.80. The van der Waals surface area contributed by atoms with Crippen molar-refractivity contribution < 1.29 is 18.4 Å². The molecule has 1 saturated heterocycles. The molecule has 1 aliphatic rings. The average molecular weight is 299 g/mol. The van der Waals surface area contributed by atoms with E-state index in [0.29, 0.717) is 0 Å². The number of nitrogens with zero attached hydrogens (tertiary/aromatic N) is 1. The standard InChI is InChI=1S/C12H11F2N3O2S/c1-5-12(19)16-9(18)4-17(5)10-7(13)2-6(11(15)20)3-8(10)14/h2-3,5H,4H2,1H3,(H2,15,20)(H,16,18,19). The van der Waals surface area contributed by atoms with E-state index in [0.717, 1.165) is 17.0 Å². The second-order valence-corrected chi connectivity index (χ2v) is 4.81. The maximum Gasteiger partial charge on any atom is 0.249 e. The lowest BCUT2D eigenvalue weighted by Gasteiger charge is -2.33. The van der Waals surface area contributed by atoms with Crippen LogP contribution in [-0.2, 0) is 9.59 Å². The monoisotopic (exact) mass is 299 g/mol. The van der Waals surface area contributed by atoms with Gasteiger partial charge >= 0.3 is 0 Å². The normalized spacial score (nSPS) is 18.9. The molecule has 8 heteroatoms. The molecule has 1 aromatic carbocycles. The number of thiocarbonyl (C=S) groups is 1. The molecule has 1 unspecified atom stereocenters. The molecule has 20 heavy (non-hydrogen) atoms. The molecule has 1 aliphatic heterocycles. The van der Waals surface area contributed by atoms with Gasteiger partial charge in [0.05, 0.1) is 6.54 Å². The van der Waals surface area contributed by atoms with E-state index in [2.05, 4.69) is 17.5 Å². The van der Waals surface area contributed by atoms with Crippen molar-refractivity contribution in [1.29, 1.82) is 0 Å². The van der Waals surface area contributed by atoms with Crippen molar-refractivity contribution in [3.63, 3.8) is 0 Å². The van der Waals surface area contributed by atoms with E-state index in [9.17, 15) is 18.4 Å². The lowest BCUT2D eigenvalue weighted by Crippen LogP contribution is -2.57. The summed E-state index contributed by atoms with van der Waals surface area (Å²) in [5.74, 6) is -3.09. The lowest BCUT2D eigenvalue weighted by atomic mass is 10.1. The van der Waals surface area contributed by atoms with Gasteiger partial charge in [0.15, 0.2) is 0 Å². The van der Waals surface area contributed by atoms with Gasteiger partial charge in [-0.25, -0.2) is 8.78 Å². The summed E-state index contributed by atoms with van der Waals surface area (Å²) in [6.45, 7) is 1.13. The predicted molar refractivity (Wildman–Crippen MR) is 72.2 cm³/mol. The molecule has 1 heterocycles. The minimum atomic E-state index is -0.929. The molecule has 1 fully saturated rings. The molecule has 0 bridgehead atoms. The van der Waals surface area contributed by atoms with Gasteiger partial charge in [-0.2, -0.15) is 0 Å². The molecule has 1 atom stereocenters. The second-order valence-electron chi connectivity index (χ2n) is 4.37. The van der Waals surface area contributed by atoms with Gasteiger partial charge in [-0.05, 0) is 19.1 Å². The molecule has 0 spiro atoms. The average Bonchev–Trinajstić information content (AvgIpc) is 2.33. The van der Waals surface area contributed by atoms with Gasteiger partial charge in [0.2, 0.25) is 11.8 Å². The summed E-state index contributed by atoms with van der Waals surface area (Å²) in [5.41, 5.74) is 4.91. The summed E-state index contributed by atoms with van der Waals surface area (Å²) in [7, 11) is 0. The quantitative estimate of drug-likeness (QED) is 0.612. The number of rotatable bonds is 2. The van der Waals surface area contributed by atoms with Gasteiger partial charge in [0.1, 0.15) is 28.4 Å². The maximum atomic E-state index is 14.0. The van der Waals surface area contributed by atoms with E-state index < -0.39 is 35.2 Å². The molecule has 2 amide bonds. The van der Waals surface area contributed by atoms with Crippen LogP contribution in [0.15, 0.2) is 12.1 Å². The minimum absolute atomic E-state index is 0.0409.